The van der Waals surface area contributed by atoms with Crippen LogP contribution in [0.3, 0.4) is 0 Å². The van der Waals surface area contributed by atoms with Crippen molar-refractivity contribution in [3.8, 4) is 11.1 Å². The summed E-state index contributed by atoms with van der Waals surface area (Å²) in [5.41, 5.74) is 2.68. The van der Waals surface area contributed by atoms with E-state index >= 15 is 0 Å². The first-order valence-corrected chi connectivity index (χ1v) is 6.08. The molecule has 0 heterocycles. The highest BCUT2D eigenvalue weighted by atomic mass is 16.5. The maximum absolute atomic E-state index is 11.9. The smallest absolute Gasteiger partial charge is 0.338 e. The first-order chi connectivity index (χ1) is 9.26. The summed E-state index contributed by atoms with van der Waals surface area (Å²) in [6, 6.07) is 14.3. The Morgan fingerprint density at radius 2 is 1.95 bits per heavy atom. The van der Waals surface area contributed by atoms with E-state index in [1.165, 1.54) is 0 Å². The fourth-order valence-electron chi connectivity index (χ4n) is 1.90. The van der Waals surface area contributed by atoms with E-state index in [0.29, 0.717) is 17.7 Å². The lowest BCUT2D eigenvalue weighted by molar-refractivity contribution is 0.0527. The second kappa shape index (κ2) is 5.96. The zero-order chi connectivity index (χ0) is 13.7. The van der Waals surface area contributed by atoms with Gasteiger partial charge in [-0.2, -0.15) is 0 Å². The van der Waals surface area contributed by atoms with Crippen LogP contribution in [0.25, 0.3) is 11.1 Å². The average Bonchev–Trinajstić information content (AvgIpc) is 2.47. The average molecular weight is 254 g/mol. The van der Waals surface area contributed by atoms with Gasteiger partial charge >= 0.3 is 5.97 Å². The molecule has 0 fully saturated rings. The van der Waals surface area contributed by atoms with E-state index in [4.69, 9.17) is 4.74 Å². The quantitative estimate of drug-likeness (QED) is 0.620. The molecular formula is C16H14O3. The topological polar surface area (TPSA) is 43.4 Å². The molecule has 0 saturated carbocycles. The summed E-state index contributed by atoms with van der Waals surface area (Å²) in [5.74, 6) is -0.352. The van der Waals surface area contributed by atoms with Crippen LogP contribution in [0, 0.1) is 0 Å². The van der Waals surface area contributed by atoms with E-state index in [1.54, 1.807) is 37.3 Å². The van der Waals surface area contributed by atoms with Crippen LogP contribution in [0.1, 0.15) is 27.6 Å². The minimum Gasteiger partial charge on any atom is -0.462 e. The molecule has 0 amide bonds. The number of benzene rings is 2. The summed E-state index contributed by atoms with van der Waals surface area (Å²) < 4.78 is 5.04. The second-order valence-electron chi connectivity index (χ2n) is 4.01. The third-order valence-corrected chi connectivity index (χ3v) is 2.76. The lowest BCUT2D eigenvalue weighted by Crippen LogP contribution is -2.06. The molecule has 0 spiro atoms. The van der Waals surface area contributed by atoms with E-state index < -0.39 is 0 Å². The van der Waals surface area contributed by atoms with Gasteiger partial charge in [-0.25, -0.2) is 4.79 Å². The van der Waals surface area contributed by atoms with Crippen LogP contribution in [0.15, 0.2) is 48.5 Å². The van der Waals surface area contributed by atoms with Gasteiger partial charge < -0.3 is 4.74 Å². The molecular weight excluding hydrogens is 240 g/mol. The van der Waals surface area contributed by atoms with Crippen molar-refractivity contribution < 1.29 is 14.3 Å². The van der Waals surface area contributed by atoms with Crippen LogP contribution in [0.5, 0.6) is 0 Å². The molecule has 19 heavy (non-hydrogen) atoms. The number of aldehydes is 1. The lowest BCUT2D eigenvalue weighted by Gasteiger charge is -2.09. The number of rotatable bonds is 4. The van der Waals surface area contributed by atoms with Crippen molar-refractivity contribution in [1.82, 2.24) is 0 Å². The van der Waals surface area contributed by atoms with Crippen molar-refractivity contribution in [3.05, 3.63) is 59.7 Å². The predicted molar refractivity (Wildman–Crippen MR) is 73.2 cm³/mol. The Hall–Kier alpha value is -2.42. The van der Waals surface area contributed by atoms with Gasteiger partial charge in [-0.3, -0.25) is 4.79 Å². The van der Waals surface area contributed by atoms with E-state index in [-0.39, 0.29) is 5.97 Å². The first kappa shape index (κ1) is 13.0. The zero-order valence-electron chi connectivity index (χ0n) is 10.6. The summed E-state index contributed by atoms with van der Waals surface area (Å²) in [7, 11) is 0. The highest BCUT2D eigenvalue weighted by Crippen LogP contribution is 2.24. The summed E-state index contributed by atoms with van der Waals surface area (Å²) in [5, 5.41) is 0. The number of esters is 1. The Bertz CT molecular complexity index is 602. The second-order valence-corrected chi connectivity index (χ2v) is 4.01. The molecule has 0 aliphatic carbocycles. The molecule has 3 heteroatoms. The molecule has 2 rings (SSSR count). The summed E-state index contributed by atoms with van der Waals surface area (Å²) >= 11 is 0. The van der Waals surface area contributed by atoms with Crippen molar-refractivity contribution in [2.45, 2.75) is 6.92 Å². The monoisotopic (exact) mass is 254 g/mol. The van der Waals surface area contributed by atoms with E-state index in [1.807, 2.05) is 18.2 Å². The SMILES string of the molecule is CCOC(=O)c1ccccc1-c1cccc(C=O)c1. The van der Waals surface area contributed by atoms with Crippen molar-refractivity contribution in [3.63, 3.8) is 0 Å². The molecule has 0 radical (unpaired) electrons. The van der Waals surface area contributed by atoms with Crippen LogP contribution in [-0.4, -0.2) is 18.9 Å². The highest BCUT2D eigenvalue weighted by Gasteiger charge is 2.13. The third kappa shape index (κ3) is 2.88. The van der Waals surface area contributed by atoms with Gasteiger partial charge in [0.1, 0.15) is 6.29 Å². The number of hydrogen-bond acceptors (Lipinski definition) is 3. The van der Waals surface area contributed by atoms with Crippen LogP contribution in [0.4, 0.5) is 0 Å². The van der Waals surface area contributed by atoms with Gasteiger partial charge in [0.05, 0.1) is 12.2 Å². The minimum absolute atomic E-state index is 0.335. The molecule has 0 aliphatic heterocycles. The van der Waals surface area contributed by atoms with Crippen LogP contribution in [0.2, 0.25) is 0 Å². The standard InChI is InChI=1S/C16H14O3/c1-2-19-16(18)15-9-4-3-8-14(15)13-7-5-6-12(10-13)11-17/h3-11H,2H2,1H3. The third-order valence-electron chi connectivity index (χ3n) is 2.76. The molecule has 96 valence electrons. The fourth-order valence-corrected chi connectivity index (χ4v) is 1.90. The lowest BCUT2D eigenvalue weighted by atomic mass is 9.98. The molecule has 2 aromatic carbocycles. The molecule has 0 unspecified atom stereocenters. The Kier molecular flexibility index (Phi) is 4.08. The van der Waals surface area contributed by atoms with Gasteiger partial charge in [0, 0.05) is 5.56 Å². The van der Waals surface area contributed by atoms with Gasteiger partial charge in [-0.1, -0.05) is 36.4 Å². The molecule has 3 nitrogen and oxygen atoms in total. The Labute approximate surface area is 111 Å². The molecule has 0 aromatic heterocycles. The van der Waals surface area contributed by atoms with Gasteiger partial charge in [-0.05, 0) is 30.2 Å². The van der Waals surface area contributed by atoms with Crippen LogP contribution >= 0.6 is 0 Å². The first-order valence-electron chi connectivity index (χ1n) is 6.08. The van der Waals surface area contributed by atoms with Gasteiger partial charge in [0.25, 0.3) is 0 Å². The van der Waals surface area contributed by atoms with Crippen molar-refractivity contribution in [2.24, 2.45) is 0 Å². The number of carbonyl (C=O) groups is 2. The highest BCUT2D eigenvalue weighted by molar-refractivity contribution is 5.97. The Balaban J connectivity index is 2.49. The van der Waals surface area contributed by atoms with E-state index in [0.717, 1.165) is 17.4 Å². The van der Waals surface area contributed by atoms with Gasteiger partial charge in [0.15, 0.2) is 0 Å². The molecule has 0 atom stereocenters. The summed E-state index contributed by atoms with van der Waals surface area (Å²) in [6.07, 6.45) is 0.788. The van der Waals surface area contributed by atoms with Crippen LogP contribution in [-0.2, 0) is 4.74 Å². The van der Waals surface area contributed by atoms with Crippen molar-refractivity contribution in [2.75, 3.05) is 6.61 Å². The predicted octanol–water partition coefficient (Wildman–Crippen LogP) is 3.34. The fraction of sp³-hybridized carbons (Fsp3) is 0.125. The Morgan fingerprint density at radius 1 is 1.16 bits per heavy atom. The van der Waals surface area contributed by atoms with E-state index in [2.05, 4.69) is 0 Å². The zero-order valence-corrected chi connectivity index (χ0v) is 10.6. The normalized spacial score (nSPS) is 9.95. The molecule has 0 aliphatic rings. The van der Waals surface area contributed by atoms with Gasteiger partial charge in [-0.15, -0.1) is 0 Å². The van der Waals surface area contributed by atoms with E-state index in [9.17, 15) is 9.59 Å². The maximum atomic E-state index is 11.9. The minimum atomic E-state index is -0.352. The molecule has 0 saturated heterocycles. The summed E-state index contributed by atoms with van der Waals surface area (Å²) in [6.45, 7) is 2.11. The maximum Gasteiger partial charge on any atom is 0.338 e. The van der Waals surface area contributed by atoms with Crippen molar-refractivity contribution in [1.29, 1.82) is 0 Å². The van der Waals surface area contributed by atoms with Crippen molar-refractivity contribution >= 4 is 12.3 Å². The molecule has 0 N–H and O–H groups in total. The Morgan fingerprint density at radius 3 is 2.68 bits per heavy atom. The number of carbonyl (C=O) groups excluding carboxylic acids is 2. The largest absolute Gasteiger partial charge is 0.462 e. The molecule has 2 aromatic rings. The number of hydrogen-bond donors (Lipinski definition) is 0. The molecule has 0 bridgehead atoms. The number of ether oxygens (including phenoxy) is 1. The van der Waals surface area contributed by atoms with Crippen LogP contribution < -0.4 is 0 Å². The summed E-state index contributed by atoms with van der Waals surface area (Å²) in [4.78, 5) is 22.7. The van der Waals surface area contributed by atoms with Gasteiger partial charge in [0.2, 0.25) is 0 Å².